The van der Waals surface area contributed by atoms with Crippen LogP contribution < -0.4 is 10.6 Å². The summed E-state index contributed by atoms with van der Waals surface area (Å²) < 4.78 is 0. The molecule has 1 amide bonds. The third-order valence-corrected chi connectivity index (χ3v) is 4.49. The van der Waals surface area contributed by atoms with Gasteiger partial charge < -0.3 is 10.6 Å². The van der Waals surface area contributed by atoms with E-state index in [-0.39, 0.29) is 17.4 Å². The van der Waals surface area contributed by atoms with E-state index in [0.29, 0.717) is 0 Å². The van der Waals surface area contributed by atoms with Crippen LogP contribution in [0.15, 0.2) is 16.8 Å². The fourth-order valence-corrected chi connectivity index (χ4v) is 3.11. The van der Waals surface area contributed by atoms with Gasteiger partial charge in [-0.2, -0.15) is 11.3 Å². The Hall–Kier alpha value is -0.870. The minimum Gasteiger partial charge on any atom is -0.349 e. The van der Waals surface area contributed by atoms with E-state index in [1.165, 1.54) is 5.56 Å². The molecule has 1 aromatic heterocycles. The van der Waals surface area contributed by atoms with Gasteiger partial charge in [-0.15, -0.1) is 0 Å². The molecule has 1 saturated heterocycles. The fourth-order valence-electron chi connectivity index (χ4n) is 2.35. The van der Waals surface area contributed by atoms with Crippen molar-refractivity contribution in [2.45, 2.75) is 32.7 Å². The molecule has 0 aliphatic carbocycles. The quantitative estimate of drug-likeness (QED) is 0.863. The van der Waals surface area contributed by atoms with Crippen LogP contribution in [0.5, 0.6) is 0 Å². The van der Waals surface area contributed by atoms with Gasteiger partial charge in [0.05, 0.1) is 11.5 Å². The summed E-state index contributed by atoms with van der Waals surface area (Å²) >= 11 is 1.67. The molecule has 3 nitrogen and oxygen atoms in total. The SMILES string of the molecule is CCC1(C(=O)NC(C)c2ccsc2)CCNC1. The molecule has 0 spiro atoms. The number of carbonyl (C=O) groups excluding carboxylic acids is 1. The normalized spacial score (nSPS) is 25.8. The van der Waals surface area contributed by atoms with Gasteiger partial charge in [-0.25, -0.2) is 0 Å². The van der Waals surface area contributed by atoms with Crippen molar-refractivity contribution in [2.24, 2.45) is 5.41 Å². The first-order chi connectivity index (χ1) is 8.18. The molecule has 17 heavy (non-hydrogen) atoms. The minimum atomic E-state index is -0.190. The average molecular weight is 252 g/mol. The molecule has 0 saturated carbocycles. The Morgan fingerprint density at radius 2 is 2.53 bits per heavy atom. The highest BCUT2D eigenvalue weighted by atomic mass is 32.1. The van der Waals surface area contributed by atoms with Crippen molar-refractivity contribution >= 4 is 17.2 Å². The molecule has 2 atom stereocenters. The maximum atomic E-state index is 12.4. The molecule has 2 unspecified atom stereocenters. The van der Waals surface area contributed by atoms with E-state index >= 15 is 0 Å². The summed E-state index contributed by atoms with van der Waals surface area (Å²) in [7, 11) is 0. The van der Waals surface area contributed by atoms with Crippen LogP contribution in [0.3, 0.4) is 0 Å². The Bertz CT molecular complexity index is 369. The minimum absolute atomic E-state index is 0.109. The van der Waals surface area contributed by atoms with Crippen molar-refractivity contribution in [3.63, 3.8) is 0 Å². The van der Waals surface area contributed by atoms with E-state index in [1.54, 1.807) is 11.3 Å². The van der Waals surface area contributed by atoms with E-state index in [2.05, 4.69) is 29.0 Å². The van der Waals surface area contributed by atoms with Gasteiger partial charge in [-0.3, -0.25) is 4.79 Å². The molecule has 0 radical (unpaired) electrons. The lowest BCUT2D eigenvalue weighted by atomic mass is 9.83. The molecule has 2 rings (SSSR count). The van der Waals surface area contributed by atoms with E-state index in [9.17, 15) is 4.79 Å². The third-order valence-electron chi connectivity index (χ3n) is 3.79. The molecule has 94 valence electrons. The number of rotatable bonds is 4. The Balaban J connectivity index is 2.01. The smallest absolute Gasteiger partial charge is 0.228 e. The zero-order chi connectivity index (χ0) is 12.3. The van der Waals surface area contributed by atoms with E-state index in [0.717, 1.165) is 25.9 Å². The summed E-state index contributed by atoms with van der Waals surface area (Å²) in [5.41, 5.74) is 1.00. The molecular weight excluding hydrogens is 232 g/mol. The Morgan fingerprint density at radius 3 is 3.06 bits per heavy atom. The van der Waals surface area contributed by atoms with Crippen LogP contribution in [0, 0.1) is 5.41 Å². The summed E-state index contributed by atoms with van der Waals surface area (Å²) in [6, 6.07) is 2.18. The first kappa shape index (κ1) is 12.6. The van der Waals surface area contributed by atoms with Gasteiger partial charge in [0.15, 0.2) is 0 Å². The van der Waals surface area contributed by atoms with Crippen LogP contribution in [0.1, 0.15) is 38.3 Å². The molecule has 2 N–H and O–H groups in total. The van der Waals surface area contributed by atoms with E-state index < -0.39 is 0 Å². The largest absolute Gasteiger partial charge is 0.349 e. The number of amides is 1. The lowest BCUT2D eigenvalue weighted by Crippen LogP contribution is -2.43. The van der Waals surface area contributed by atoms with Gasteiger partial charge in [-0.1, -0.05) is 6.92 Å². The van der Waals surface area contributed by atoms with Crippen LogP contribution in [-0.2, 0) is 4.79 Å². The molecule has 1 aromatic rings. The van der Waals surface area contributed by atoms with Gasteiger partial charge in [0.1, 0.15) is 0 Å². The van der Waals surface area contributed by atoms with Crippen LogP contribution in [0.25, 0.3) is 0 Å². The van der Waals surface area contributed by atoms with Crippen molar-refractivity contribution in [3.05, 3.63) is 22.4 Å². The lowest BCUT2D eigenvalue weighted by Gasteiger charge is -2.27. The van der Waals surface area contributed by atoms with Gasteiger partial charge in [-0.05, 0) is 48.7 Å². The Morgan fingerprint density at radius 1 is 1.71 bits per heavy atom. The maximum absolute atomic E-state index is 12.4. The van der Waals surface area contributed by atoms with Crippen LogP contribution in [0.4, 0.5) is 0 Å². The molecular formula is C13H20N2OS. The predicted molar refractivity (Wildman–Crippen MR) is 71.1 cm³/mol. The summed E-state index contributed by atoms with van der Waals surface area (Å²) in [4.78, 5) is 12.4. The van der Waals surface area contributed by atoms with Crippen LogP contribution in [-0.4, -0.2) is 19.0 Å². The standard InChI is InChI=1S/C13H20N2OS/c1-3-13(5-6-14-9-13)12(16)15-10(2)11-4-7-17-8-11/h4,7-8,10,14H,3,5-6,9H2,1-2H3,(H,15,16). The second-order valence-corrected chi connectivity index (χ2v) is 5.59. The zero-order valence-electron chi connectivity index (χ0n) is 10.5. The van der Waals surface area contributed by atoms with Crippen molar-refractivity contribution in [3.8, 4) is 0 Å². The monoisotopic (exact) mass is 252 g/mol. The highest BCUT2D eigenvalue weighted by molar-refractivity contribution is 7.07. The summed E-state index contributed by atoms with van der Waals surface area (Å²) in [5, 5.41) is 10.6. The van der Waals surface area contributed by atoms with E-state index in [1.807, 2.05) is 12.3 Å². The average Bonchev–Trinajstić information content (AvgIpc) is 3.01. The van der Waals surface area contributed by atoms with Gasteiger partial charge >= 0.3 is 0 Å². The first-order valence-electron chi connectivity index (χ1n) is 6.22. The summed E-state index contributed by atoms with van der Waals surface area (Å²) in [6.07, 6.45) is 1.86. The molecule has 0 bridgehead atoms. The third kappa shape index (κ3) is 2.53. The number of thiophene rings is 1. The van der Waals surface area contributed by atoms with Gasteiger partial charge in [0.2, 0.25) is 5.91 Å². The summed E-state index contributed by atoms with van der Waals surface area (Å²) in [6.45, 7) is 5.91. The second kappa shape index (κ2) is 5.19. The number of hydrogen-bond acceptors (Lipinski definition) is 3. The van der Waals surface area contributed by atoms with Crippen molar-refractivity contribution in [2.75, 3.05) is 13.1 Å². The second-order valence-electron chi connectivity index (χ2n) is 4.81. The molecule has 2 heterocycles. The topological polar surface area (TPSA) is 41.1 Å². The van der Waals surface area contributed by atoms with Crippen molar-refractivity contribution < 1.29 is 4.79 Å². The van der Waals surface area contributed by atoms with Gasteiger partial charge in [0, 0.05) is 6.54 Å². The van der Waals surface area contributed by atoms with Crippen molar-refractivity contribution in [1.29, 1.82) is 0 Å². The lowest BCUT2D eigenvalue weighted by molar-refractivity contribution is -0.131. The number of hydrogen-bond donors (Lipinski definition) is 2. The van der Waals surface area contributed by atoms with Crippen LogP contribution in [0.2, 0.25) is 0 Å². The van der Waals surface area contributed by atoms with E-state index in [4.69, 9.17) is 0 Å². The zero-order valence-corrected chi connectivity index (χ0v) is 11.3. The summed E-state index contributed by atoms with van der Waals surface area (Å²) in [5.74, 6) is 0.198. The molecule has 0 aromatic carbocycles. The first-order valence-corrected chi connectivity index (χ1v) is 7.16. The molecule has 4 heteroatoms. The molecule has 1 aliphatic heterocycles. The van der Waals surface area contributed by atoms with Crippen LogP contribution >= 0.6 is 11.3 Å². The van der Waals surface area contributed by atoms with Crippen molar-refractivity contribution in [1.82, 2.24) is 10.6 Å². The number of nitrogens with one attached hydrogen (secondary N) is 2. The Kier molecular flexibility index (Phi) is 3.84. The van der Waals surface area contributed by atoms with Gasteiger partial charge in [0.25, 0.3) is 0 Å². The fraction of sp³-hybridized carbons (Fsp3) is 0.615. The molecule has 1 aliphatic rings. The Labute approximate surface area is 107 Å². The highest BCUT2D eigenvalue weighted by Crippen LogP contribution is 2.30. The maximum Gasteiger partial charge on any atom is 0.228 e. The predicted octanol–water partition coefficient (Wildman–Crippen LogP) is 2.32. The molecule has 1 fully saturated rings. The number of carbonyl (C=O) groups is 1. The highest BCUT2D eigenvalue weighted by Gasteiger charge is 2.39.